The summed E-state index contributed by atoms with van der Waals surface area (Å²) in [6.07, 6.45) is 4.63. The van der Waals surface area contributed by atoms with Gasteiger partial charge in [0.15, 0.2) is 21.4 Å². The van der Waals surface area contributed by atoms with E-state index in [0.29, 0.717) is 35.6 Å². The molecule has 0 N–H and O–H groups in total. The number of ether oxygens (including phenoxy) is 2. The van der Waals surface area contributed by atoms with Crippen LogP contribution in [0.15, 0.2) is 45.8 Å². The molecule has 14 heteroatoms. The molecule has 2 unspecified atom stereocenters. The van der Waals surface area contributed by atoms with E-state index in [1.165, 1.54) is 18.5 Å². The van der Waals surface area contributed by atoms with Crippen molar-refractivity contribution in [1.29, 1.82) is 0 Å². The number of hydrogen-bond donors (Lipinski definition) is 0. The summed E-state index contributed by atoms with van der Waals surface area (Å²) in [5.74, 6) is -0.634. The number of nitrogens with zero attached hydrogens (tertiary/aromatic N) is 3. The second kappa shape index (κ2) is 9.95. The molecule has 2 saturated heterocycles. The van der Waals surface area contributed by atoms with Crippen molar-refractivity contribution in [3.05, 3.63) is 52.4 Å². The lowest BCUT2D eigenvalue weighted by Crippen LogP contribution is -2.49. The number of rotatable bonds is 8. The van der Waals surface area contributed by atoms with Gasteiger partial charge in [-0.1, -0.05) is 11.6 Å². The highest BCUT2D eigenvalue weighted by Crippen LogP contribution is 2.43. The van der Waals surface area contributed by atoms with Gasteiger partial charge in [0.2, 0.25) is 11.8 Å². The van der Waals surface area contributed by atoms with Gasteiger partial charge in [0, 0.05) is 24.9 Å². The zero-order chi connectivity index (χ0) is 27.5. The lowest BCUT2D eigenvalue weighted by Gasteiger charge is -2.37. The molecule has 2 aliphatic heterocycles. The van der Waals surface area contributed by atoms with Gasteiger partial charge in [-0.15, -0.1) is 11.3 Å². The number of aromatic nitrogens is 2. The molecule has 1 aliphatic carbocycles. The average Bonchev–Trinajstić information content (AvgIpc) is 3.60. The number of hydrogen-bond acceptors (Lipinski definition) is 9. The molecule has 1 saturated carbocycles. The largest absolute Gasteiger partial charge is 0.474 e. The number of thiophene rings is 1. The van der Waals surface area contributed by atoms with Gasteiger partial charge in [-0.25, -0.2) is 31.2 Å². The first-order valence-corrected chi connectivity index (χ1v) is 16.7. The van der Waals surface area contributed by atoms with Crippen molar-refractivity contribution < 1.29 is 30.7 Å². The van der Waals surface area contributed by atoms with E-state index in [4.69, 9.17) is 21.1 Å². The summed E-state index contributed by atoms with van der Waals surface area (Å²) < 4.78 is 80.3. The summed E-state index contributed by atoms with van der Waals surface area (Å²) in [7, 11) is -7.18. The molecule has 39 heavy (non-hydrogen) atoms. The minimum atomic E-state index is -3.65. The van der Waals surface area contributed by atoms with E-state index in [-0.39, 0.29) is 44.8 Å². The predicted molar refractivity (Wildman–Crippen MR) is 142 cm³/mol. The Balaban J connectivity index is 1.16. The first-order valence-electron chi connectivity index (χ1n) is 12.5. The third-order valence-electron chi connectivity index (χ3n) is 7.37. The van der Waals surface area contributed by atoms with Gasteiger partial charge in [-0.2, -0.15) is 4.31 Å². The van der Waals surface area contributed by atoms with E-state index in [9.17, 15) is 21.2 Å². The van der Waals surface area contributed by atoms with Crippen LogP contribution in [0.2, 0.25) is 4.34 Å². The third kappa shape index (κ3) is 5.03. The lowest BCUT2D eigenvalue weighted by atomic mass is 10.0. The fourth-order valence-corrected chi connectivity index (χ4v) is 10.5. The van der Waals surface area contributed by atoms with Crippen molar-refractivity contribution in [2.45, 2.75) is 78.0 Å². The second-order valence-corrected chi connectivity index (χ2v) is 16.1. The Morgan fingerprint density at radius 1 is 1.00 bits per heavy atom. The van der Waals surface area contributed by atoms with Gasteiger partial charge >= 0.3 is 0 Å². The molecule has 0 radical (unpaired) electrons. The maximum atomic E-state index is 14.8. The summed E-state index contributed by atoms with van der Waals surface area (Å²) >= 11 is 7.03. The zero-order valence-corrected chi connectivity index (χ0v) is 24.0. The van der Waals surface area contributed by atoms with Gasteiger partial charge < -0.3 is 9.47 Å². The van der Waals surface area contributed by atoms with Crippen LogP contribution in [0.3, 0.4) is 0 Å². The third-order valence-corrected chi connectivity index (χ3v) is 13.3. The summed E-state index contributed by atoms with van der Waals surface area (Å²) in [6.45, 7) is 1.68. The molecule has 6 rings (SSSR count). The number of benzene rings is 1. The molecule has 4 heterocycles. The Morgan fingerprint density at radius 3 is 2.31 bits per heavy atom. The van der Waals surface area contributed by atoms with Crippen LogP contribution in [-0.2, 0) is 19.9 Å². The number of fused-ring (bicyclic) bond motifs is 2. The quantitative estimate of drug-likeness (QED) is 0.343. The Kier molecular flexibility index (Phi) is 6.86. The van der Waals surface area contributed by atoms with E-state index in [1.54, 1.807) is 23.4 Å². The average molecular weight is 614 g/mol. The summed E-state index contributed by atoms with van der Waals surface area (Å²) in [5, 5.41) is -0.441. The molecule has 0 amide bonds. The Morgan fingerprint density at radius 2 is 1.69 bits per heavy atom. The number of halogens is 2. The summed E-state index contributed by atoms with van der Waals surface area (Å²) in [6, 6.07) is 6.32. The maximum Gasteiger partial charge on any atom is 0.253 e. The minimum Gasteiger partial charge on any atom is -0.474 e. The molecular formula is C25H25ClFN3O6S3. The van der Waals surface area contributed by atoms with Crippen LogP contribution in [0.4, 0.5) is 4.39 Å². The van der Waals surface area contributed by atoms with Crippen molar-refractivity contribution in [2.24, 2.45) is 0 Å². The maximum absolute atomic E-state index is 14.8. The molecule has 1 aromatic carbocycles. The van der Waals surface area contributed by atoms with E-state index < -0.39 is 30.9 Å². The SMILES string of the molecule is Cc1c(Oc2ccc(S(=O)(=O)C3CC3)cc2F)ncnc1OC1CC2CC[C@@H](C1)N2S(=O)(=O)c1ccc(Cl)s1. The molecule has 2 aromatic heterocycles. The summed E-state index contributed by atoms with van der Waals surface area (Å²) in [5.41, 5.74) is 0.446. The van der Waals surface area contributed by atoms with Crippen molar-refractivity contribution in [3.8, 4) is 17.5 Å². The van der Waals surface area contributed by atoms with Crippen LogP contribution < -0.4 is 9.47 Å². The topological polar surface area (TPSA) is 116 Å². The van der Waals surface area contributed by atoms with E-state index in [0.717, 1.165) is 30.2 Å². The van der Waals surface area contributed by atoms with E-state index >= 15 is 0 Å². The zero-order valence-electron chi connectivity index (χ0n) is 20.8. The van der Waals surface area contributed by atoms with Crippen molar-refractivity contribution in [3.63, 3.8) is 0 Å². The molecule has 3 fully saturated rings. The van der Waals surface area contributed by atoms with Crippen LogP contribution in [0, 0.1) is 12.7 Å². The van der Waals surface area contributed by atoms with Crippen LogP contribution in [-0.4, -0.2) is 54.5 Å². The Labute approximate surface area is 234 Å². The molecule has 3 aromatic rings. The molecule has 0 spiro atoms. The van der Waals surface area contributed by atoms with Crippen LogP contribution in [0.5, 0.6) is 17.5 Å². The number of piperidine rings is 1. The molecule has 3 atom stereocenters. The van der Waals surface area contributed by atoms with Gasteiger partial charge in [-0.05, 0) is 62.9 Å². The first kappa shape index (κ1) is 26.9. The Bertz CT molecular complexity index is 1630. The molecule has 208 valence electrons. The van der Waals surface area contributed by atoms with Crippen LogP contribution in [0.1, 0.15) is 44.1 Å². The minimum absolute atomic E-state index is 0.0663. The fraction of sp³-hybridized carbons (Fsp3) is 0.440. The van der Waals surface area contributed by atoms with Gasteiger partial charge in [0.1, 0.15) is 16.6 Å². The summed E-state index contributed by atoms with van der Waals surface area (Å²) in [4.78, 5) is 8.27. The van der Waals surface area contributed by atoms with Crippen molar-refractivity contribution >= 4 is 42.8 Å². The van der Waals surface area contributed by atoms with Crippen LogP contribution >= 0.6 is 22.9 Å². The molecule has 2 bridgehead atoms. The first-order chi connectivity index (χ1) is 18.5. The molecule has 9 nitrogen and oxygen atoms in total. The highest BCUT2D eigenvalue weighted by Gasteiger charge is 2.48. The van der Waals surface area contributed by atoms with Gasteiger partial charge in [0.05, 0.1) is 20.0 Å². The number of sulfonamides is 1. The number of sulfone groups is 1. The molecule has 3 aliphatic rings. The molecular weight excluding hydrogens is 589 g/mol. The second-order valence-electron chi connectivity index (χ2n) is 10.0. The van der Waals surface area contributed by atoms with Gasteiger partial charge in [0.25, 0.3) is 10.0 Å². The van der Waals surface area contributed by atoms with E-state index in [2.05, 4.69) is 9.97 Å². The fourth-order valence-electron chi connectivity index (χ4n) is 5.33. The smallest absolute Gasteiger partial charge is 0.253 e. The van der Waals surface area contributed by atoms with E-state index in [1.807, 2.05) is 0 Å². The highest BCUT2D eigenvalue weighted by atomic mass is 35.5. The Hall–Kier alpha value is -2.32. The standard InChI is InChI=1S/C25H25ClFN3O6S3/c1-14-24(28-13-29-25(14)36-21-7-6-19(12-20(21)27)38(31,32)18-4-5-18)35-17-10-15-2-3-16(11-17)30(15)39(33,34)23-9-8-22(26)37-23/h6-9,12-13,15-18H,2-5,10-11H2,1H3/t15-,16?,17?/m0/s1. The van der Waals surface area contributed by atoms with Crippen molar-refractivity contribution in [1.82, 2.24) is 14.3 Å². The monoisotopic (exact) mass is 613 g/mol. The van der Waals surface area contributed by atoms with Crippen LogP contribution in [0.25, 0.3) is 0 Å². The van der Waals surface area contributed by atoms with Gasteiger partial charge in [-0.3, -0.25) is 0 Å². The highest BCUT2D eigenvalue weighted by molar-refractivity contribution is 7.92. The normalized spacial score (nSPS) is 23.6. The lowest BCUT2D eigenvalue weighted by molar-refractivity contribution is 0.0908. The predicted octanol–water partition coefficient (Wildman–Crippen LogP) is 5.13. The van der Waals surface area contributed by atoms with Crippen molar-refractivity contribution in [2.75, 3.05) is 0 Å².